The van der Waals surface area contributed by atoms with Gasteiger partial charge in [-0.25, -0.2) is 17.6 Å². The molecule has 1 aromatic carbocycles. The highest BCUT2D eigenvalue weighted by Gasteiger charge is 2.22. The quantitative estimate of drug-likeness (QED) is 0.453. The van der Waals surface area contributed by atoms with Gasteiger partial charge in [0.1, 0.15) is 0 Å². The van der Waals surface area contributed by atoms with E-state index in [1.54, 1.807) is 0 Å². The number of carbonyl (C=O) groups is 1. The van der Waals surface area contributed by atoms with E-state index >= 15 is 0 Å². The van der Waals surface area contributed by atoms with Crippen LogP contribution in [0.25, 0.3) is 0 Å². The molecule has 1 rings (SSSR count). The summed E-state index contributed by atoms with van der Waals surface area (Å²) >= 11 is 3.00. The van der Waals surface area contributed by atoms with Gasteiger partial charge in [-0.15, -0.1) is 0 Å². The molecule has 94 valence electrons. The number of Topliss-reactive ketones (excluding diaryl/α,β-unsaturated/α-hetero) is 1. The summed E-state index contributed by atoms with van der Waals surface area (Å²) in [6, 6.07) is 2.83. The molecule has 0 heterocycles. The zero-order valence-electron chi connectivity index (χ0n) is 8.76. The number of halogens is 5. The van der Waals surface area contributed by atoms with Gasteiger partial charge in [-0.1, -0.05) is 28.1 Å². The Morgan fingerprint density at radius 2 is 1.65 bits per heavy atom. The Labute approximate surface area is 104 Å². The first-order valence-electron chi connectivity index (χ1n) is 4.73. The molecular formula is C11H9BrF4O. The summed E-state index contributed by atoms with van der Waals surface area (Å²) in [5.74, 6) is -0.423. The van der Waals surface area contributed by atoms with Crippen LogP contribution in [0.5, 0.6) is 0 Å². The van der Waals surface area contributed by atoms with Crippen molar-refractivity contribution >= 4 is 21.7 Å². The Hall–Kier alpha value is -0.910. The van der Waals surface area contributed by atoms with Crippen LogP contribution in [0.4, 0.5) is 17.6 Å². The zero-order valence-corrected chi connectivity index (χ0v) is 10.3. The maximum Gasteiger partial charge on any atom is 0.264 e. The summed E-state index contributed by atoms with van der Waals surface area (Å²) in [6.45, 7) is 1.53. The Balaban J connectivity index is 3.23. The molecule has 0 aliphatic heterocycles. The fraction of sp³-hybridized carbons (Fsp3) is 0.364. The molecule has 1 atom stereocenters. The maximum atomic E-state index is 12.6. The number of benzene rings is 1. The Bertz CT molecular complexity index is 418. The molecule has 17 heavy (non-hydrogen) atoms. The highest BCUT2D eigenvalue weighted by molar-refractivity contribution is 9.10. The lowest BCUT2D eigenvalue weighted by molar-refractivity contribution is 0.0993. The second kappa shape index (κ2) is 5.62. The average Bonchev–Trinajstić information content (AvgIpc) is 2.26. The van der Waals surface area contributed by atoms with Crippen LogP contribution < -0.4 is 0 Å². The van der Waals surface area contributed by atoms with Crippen LogP contribution in [-0.2, 0) is 0 Å². The van der Waals surface area contributed by atoms with Crippen LogP contribution in [0.3, 0.4) is 0 Å². The van der Waals surface area contributed by atoms with Crippen LogP contribution in [-0.4, -0.2) is 10.6 Å². The first kappa shape index (κ1) is 14.2. The fourth-order valence-electron chi connectivity index (χ4n) is 1.35. The molecule has 0 saturated carbocycles. The molecule has 0 aliphatic rings. The molecule has 0 radical (unpaired) electrons. The van der Waals surface area contributed by atoms with Crippen LogP contribution in [0.15, 0.2) is 18.2 Å². The van der Waals surface area contributed by atoms with E-state index in [0.29, 0.717) is 0 Å². The molecule has 0 aromatic heterocycles. The van der Waals surface area contributed by atoms with Gasteiger partial charge in [-0.3, -0.25) is 4.79 Å². The molecule has 1 nitrogen and oxygen atoms in total. The number of carbonyl (C=O) groups excluding carboxylic acids is 1. The van der Waals surface area contributed by atoms with Gasteiger partial charge in [-0.05, 0) is 13.0 Å². The predicted molar refractivity (Wildman–Crippen MR) is 59.1 cm³/mol. The minimum atomic E-state index is -3.03. The van der Waals surface area contributed by atoms with E-state index < -0.39 is 34.6 Å². The largest absolute Gasteiger partial charge is 0.293 e. The van der Waals surface area contributed by atoms with Gasteiger partial charge in [0.15, 0.2) is 5.78 Å². The van der Waals surface area contributed by atoms with Crippen molar-refractivity contribution in [2.45, 2.75) is 24.6 Å². The predicted octanol–water partition coefficient (Wildman–Crippen LogP) is 4.53. The molecule has 0 aliphatic carbocycles. The summed E-state index contributed by atoms with van der Waals surface area (Å²) in [6.07, 6.45) is -6.01. The van der Waals surface area contributed by atoms with E-state index in [1.165, 1.54) is 6.92 Å². The summed E-state index contributed by atoms with van der Waals surface area (Å²) in [5.41, 5.74) is -1.54. The SMILES string of the molecule is CC(Br)C(=O)c1ccc(C(F)F)c(C(F)F)c1. The molecular weight excluding hydrogens is 304 g/mol. The second-order valence-corrected chi connectivity index (χ2v) is 4.80. The van der Waals surface area contributed by atoms with E-state index in [-0.39, 0.29) is 5.56 Å². The molecule has 0 spiro atoms. The van der Waals surface area contributed by atoms with Crippen LogP contribution in [0.2, 0.25) is 0 Å². The minimum Gasteiger partial charge on any atom is -0.293 e. The van der Waals surface area contributed by atoms with Crippen molar-refractivity contribution in [3.63, 3.8) is 0 Å². The third kappa shape index (κ3) is 3.28. The molecule has 0 bridgehead atoms. The van der Waals surface area contributed by atoms with Gasteiger partial charge in [0.2, 0.25) is 0 Å². The van der Waals surface area contributed by atoms with Crippen molar-refractivity contribution in [3.05, 3.63) is 34.9 Å². The third-order valence-electron chi connectivity index (χ3n) is 2.20. The standard InChI is InChI=1S/C11H9BrF4O/c1-5(12)9(17)6-2-3-7(10(13)14)8(4-6)11(15)16/h2-5,10-11H,1H3. The molecule has 0 amide bonds. The fourth-order valence-corrected chi connectivity index (χ4v) is 1.61. The van der Waals surface area contributed by atoms with Crippen molar-refractivity contribution in [2.24, 2.45) is 0 Å². The van der Waals surface area contributed by atoms with E-state index in [9.17, 15) is 22.4 Å². The Morgan fingerprint density at radius 3 is 2.06 bits per heavy atom. The van der Waals surface area contributed by atoms with Gasteiger partial charge < -0.3 is 0 Å². The summed E-state index contributed by atoms with van der Waals surface area (Å²) in [4.78, 5) is 11.0. The number of alkyl halides is 5. The highest BCUT2D eigenvalue weighted by Crippen LogP contribution is 2.31. The molecule has 0 N–H and O–H groups in total. The lowest BCUT2D eigenvalue weighted by Crippen LogP contribution is -2.11. The number of rotatable bonds is 4. The smallest absolute Gasteiger partial charge is 0.264 e. The van der Waals surface area contributed by atoms with Crippen molar-refractivity contribution in [2.75, 3.05) is 0 Å². The first-order valence-corrected chi connectivity index (χ1v) is 5.64. The van der Waals surface area contributed by atoms with Crippen molar-refractivity contribution in [1.29, 1.82) is 0 Å². The molecule has 1 aromatic rings. The van der Waals surface area contributed by atoms with Crippen molar-refractivity contribution in [3.8, 4) is 0 Å². The van der Waals surface area contributed by atoms with Gasteiger partial charge in [0.25, 0.3) is 12.9 Å². The lowest BCUT2D eigenvalue weighted by Gasteiger charge is -2.10. The van der Waals surface area contributed by atoms with Crippen LogP contribution >= 0.6 is 15.9 Å². The molecule has 0 fully saturated rings. The molecule has 6 heteroatoms. The monoisotopic (exact) mass is 312 g/mol. The maximum absolute atomic E-state index is 12.6. The Kier molecular flexibility index (Phi) is 4.68. The number of hydrogen-bond acceptors (Lipinski definition) is 1. The first-order chi connectivity index (χ1) is 7.84. The number of ketones is 1. The lowest BCUT2D eigenvalue weighted by atomic mass is 10.0. The van der Waals surface area contributed by atoms with E-state index in [4.69, 9.17) is 0 Å². The minimum absolute atomic E-state index is 0.00549. The van der Waals surface area contributed by atoms with Crippen molar-refractivity contribution < 1.29 is 22.4 Å². The number of hydrogen-bond donors (Lipinski definition) is 0. The summed E-state index contributed by atoms with van der Waals surface area (Å²) < 4.78 is 50.1. The topological polar surface area (TPSA) is 17.1 Å². The normalized spacial score (nSPS) is 13.2. The highest BCUT2D eigenvalue weighted by atomic mass is 79.9. The molecule has 1 unspecified atom stereocenters. The third-order valence-corrected chi connectivity index (χ3v) is 2.62. The summed E-state index contributed by atoms with van der Waals surface area (Å²) in [7, 11) is 0. The van der Waals surface area contributed by atoms with Crippen LogP contribution in [0, 0.1) is 0 Å². The Morgan fingerprint density at radius 1 is 1.12 bits per heavy atom. The average molecular weight is 313 g/mol. The van der Waals surface area contributed by atoms with Crippen LogP contribution in [0.1, 0.15) is 41.3 Å². The molecule has 0 saturated heterocycles. The van der Waals surface area contributed by atoms with E-state index in [1.807, 2.05) is 0 Å². The van der Waals surface area contributed by atoms with Gasteiger partial charge >= 0.3 is 0 Å². The van der Waals surface area contributed by atoms with Gasteiger partial charge in [0, 0.05) is 16.7 Å². The van der Waals surface area contributed by atoms with E-state index in [2.05, 4.69) is 15.9 Å². The zero-order chi connectivity index (χ0) is 13.2. The van der Waals surface area contributed by atoms with Gasteiger partial charge in [0.05, 0.1) is 4.83 Å². The van der Waals surface area contributed by atoms with E-state index in [0.717, 1.165) is 18.2 Å². The second-order valence-electron chi connectivity index (χ2n) is 3.43. The van der Waals surface area contributed by atoms with Gasteiger partial charge in [-0.2, -0.15) is 0 Å². The van der Waals surface area contributed by atoms with Crippen molar-refractivity contribution in [1.82, 2.24) is 0 Å². The summed E-state index contributed by atoms with van der Waals surface area (Å²) in [5, 5.41) is 0.